The zero-order chi connectivity index (χ0) is 13.7. The van der Waals surface area contributed by atoms with E-state index in [4.69, 9.17) is 5.11 Å². The lowest BCUT2D eigenvalue weighted by molar-refractivity contribution is -0.139. The second-order valence-corrected chi connectivity index (χ2v) is 5.90. The molecule has 0 aromatic heterocycles. The Morgan fingerprint density at radius 2 is 1.74 bits per heavy atom. The number of hydrogen-bond acceptors (Lipinski definition) is 3. The third kappa shape index (κ3) is 4.20. The van der Waals surface area contributed by atoms with Crippen molar-refractivity contribution in [3.8, 4) is 0 Å². The van der Waals surface area contributed by atoms with Gasteiger partial charge in [0.1, 0.15) is 0 Å². The standard InChI is InChI=1S/C14H24N2O3/c17-12(5-10-16-8-3-4-9-16)15-14(11-13(18)19)6-1-2-7-14/h1-11H2,(H,15,17)(H,18,19). The van der Waals surface area contributed by atoms with Crippen LogP contribution < -0.4 is 5.32 Å². The van der Waals surface area contributed by atoms with Crippen molar-refractivity contribution in [1.82, 2.24) is 10.2 Å². The molecular weight excluding hydrogens is 244 g/mol. The number of nitrogens with zero attached hydrogens (tertiary/aromatic N) is 1. The lowest BCUT2D eigenvalue weighted by atomic mass is 9.93. The Hall–Kier alpha value is -1.10. The molecule has 5 nitrogen and oxygen atoms in total. The van der Waals surface area contributed by atoms with Gasteiger partial charge >= 0.3 is 5.97 Å². The van der Waals surface area contributed by atoms with Crippen molar-refractivity contribution < 1.29 is 14.7 Å². The third-order valence-electron chi connectivity index (χ3n) is 4.31. The molecule has 19 heavy (non-hydrogen) atoms. The Bertz CT molecular complexity index is 332. The monoisotopic (exact) mass is 268 g/mol. The molecule has 0 radical (unpaired) electrons. The highest BCUT2D eigenvalue weighted by molar-refractivity contribution is 5.78. The summed E-state index contributed by atoms with van der Waals surface area (Å²) in [5.74, 6) is -0.809. The van der Waals surface area contributed by atoms with E-state index in [1.807, 2.05) is 0 Å². The summed E-state index contributed by atoms with van der Waals surface area (Å²) in [5, 5.41) is 12.0. The lowest BCUT2D eigenvalue weighted by Gasteiger charge is -2.29. The first-order valence-corrected chi connectivity index (χ1v) is 7.35. The summed E-state index contributed by atoms with van der Waals surface area (Å²) >= 11 is 0. The largest absolute Gasteiger partial charge is 0.481 e. The van der Waals surface area contributed by atoms with E-state index >= 15 is 0 Å². The third-order valence-corrected chi connectivity index (χ3v) is 4.31. The van der Waals surface area contributed by atoms with Gasteiger partial charge < -0.3 is 15.3 Å². The zero-order valence-corrected chi connectivity index (χ0v) is 11.5. The highest BCUT2D eigenvalue weighted by Gasteiger charge is 2.37. The Labute approximate surface area is 114 Å². The van der Waals surface area contributed by atoms with E-state index < -0.39 is 11.5 Å². The van der Waals surface area contributed by atoms with Gasteiger partial charge in [0.05, 0.1) is 12.0 Å². The van der Waals surface area contributed by atoms with E-state index in [9.17, 15) is 9.59 Å². The number of carboxylic acids is 1. The van der Waals surface area contributed by atoms with Gasteiger partial charge in [0, 0.05) is 13.0 Å². The summed E-state index contributed by atoms with van der Waals surface area (Å²) in [7, 11) is 0. The molecule has 2 aliphatic rings. The summed E-state index contributed by atoms with van der Waals surface area (Å²) < 4.78 is 0. The average Bonchev–Trinajstić information content (AvgIpc) is 2.97. The molecule has 0 aromatic carbocycles. The van der Waals surface area contributed by atoms with Crippen LogP contribution in [-0.4, -0.2) is 47.1 Å². The zero-order valence-electron chi connectivity index (χ0n) is 11.5. The molecule has 0 unspecified atom stereocenters. The van der Waals surface area contributed by atoms with Crippen LogP contribution in [0.3, 0.4) is 0 Å². The number of carbonyl (C=O) groups excluding carboxylic acids is 1. The molecular formula is C14H24N2O3. The van der Waals surface area contributed by atoms with Gasteiger partial charge in [0.25, 0.3) is 0 Å². The van der Waals surface area contributed by atoms with E-state index in [2.05, 4.69) is 10.2 Å². The molecule has 2 fully saturated rings. The van der Waals surface area contributed by atoms with Gasteiger partial charge in [-0.2, -0.15) is 0 Å². The van der Waals surface area contributed by atoms with Crippen LogP contribution >= 0.6 is 0 Å². The second-order valence-electron chi connectivity index (χ2n) is 5.90. The first kappa shape index (κ1) is 14.3. The fraction of sp³-hybridized carbons (Fsp3) is 0.857. The molecule has 0 aromatic rings. The van der Waals surface area contributed by atoms with Crippen molar-refractivity contribution in [3.63, 3.8) is 0 Å². The normalized spacial score (nSPS) is 22.5. The Kier molecular flexibility index (Phi) is 4.80. The SMILES string of the molecule is O=C(O)CC1(NC(=O)CCN2CCCC2)CCCC1. The number of nitrogens with one attached hydrogen (secondary N) is 1. The smallest absolute Gasteiger partial charge is 0.305 e. The Morgan fingerprint density at radius 3 is 2.32 bits per heavy atom. The van der Waals surface area contributed by atoms with E-state index in [0.717, 1.165) is 45.3 Å². The molecule has 0 spiro atoms. The van der Waals surface area contributed by atoms with Crippen LogP contribution in [0.25, 0.3) is 0 Å². The van der Waals surface area contributed by atoms with Gasteiger partial charge in [-0.1, -0.05) is 12.8 Å². The minimum absolute atomic E-state index is 0.00931. The van der Waals surface area contributed by atoms with Gasteiger partial charge in [-0.15, -0.1) is 0 Å². The molecule has 0 atom stereocenters. The highest BCUT2D eigenvalue weighted by atomic mass is 16.4. The molecule has 1 amide bonds. The summed E-state index contributed by atoms with van der Waals surface area (Å²) in [6, 6.07) is 0. The Balaban J connectivity index is 1.79. The van der Waals surface area contributed by atoms with Crippen molar-refractivity contribution in [2.45, 2.75) is 56.9 Å². The first-order valence-electron chi connectivity index (χ1n) is 7.35. The highest BCUT2D eigenvalue weighted by Crippen LogP contribution is 2.32. The van der Waals surface area contributed by atoms with Crippen LogP contribution in [0.5, 0.6) is 0 Å². The van der Waals surface area contributed by atoms with Crippen LogP contribution in [0.15, 0.2) is 0 Å². The minimum atomic E-state index is -0.818. The molecule has 1 saturated heterocycles. The molecule has 1 heterocycles. The number of aliphatic carboxylic acids is 1. The van der Waals surface area contributed by atoms with Crippen molar-refractivity contribution in [3.05, 3.63) is 0 Å². The summed E-state index contributed by atoms with van der Waals surface area (Å²) in [6.07, 6.45) is 6.63. The van der Waals surface area contributed by atoms with Gasteiger partial charge in [-0.05, 0) is 38.8 Å². The van der Waals surface area contributed by atoms with Gasteiger partial charge in [0.15, 0.2) is 0 Å². The number of carbonyl (C=O) groups is 2. The maximum absolute atomic E-state index is 12.0. The minimum Gasteiger partial charge on any atom is -0.481 e. The molecule has 108 valence electrons. The topological polar surface area (TPSA) is 69.6 Å². The van der Waals surface area contributed by atoms with Gasteiger partial charge in [0.2, 0.25) is 5.91 Å². The van der Waals surface area contributed by atoms with E-state index in [1.54, 1.807) is 0 Å². The lowest BCUT2D eigenvalue weighted by Crippen LogP contribution is -2.48. The van der Waals surface area contributed by atoms with Crippen molar-refractivity contribution in [1.29, 1.82) is 0 Å². The van der Waals surface area contributed by atoms with Crippen LogP contribution in [0, 0.1) is 0 Å². The number of amides is 1. The fourth-order valence-corrected chi connectivity index (χ4v) is 3.31. The molecule has 5 heteroatoms. The van der Waals surface area contributed by atoms with Crippen LogP contribution in [0.1, 0.15) is 51.4 Å². The van der Waals surface area contributed by atoms with Crippen LogP contribution in [-0.2, 0) is 9.59 Å². The number of likely N-dealkylation sites (tertiary alicyclic amines) is 1. The predicted molar refractivity (Wildman–Crippen MR) is 71.9 cm³/mol. The predicted octanol–water partition coefficient (Wildman–Crippen LogP) is 1.38. The number of hydrogen-bond donors (Lipinski definition) is 2. The summed E-state index contributed by atoms with van der Waals surface area (Å²) in [5.41, 5.74) is -0.478. The van der Waals surface area contributed by atoms with Crippen LogP contribution in [0.4, 0.5) is 0 Å². The van der Waals surface area contributed by atoms with Crippen molar-refractivity contribution in [2.75, 3.05) is 19.6 Å². The molecule has 1 aliphatic carbocycles. The summed E-state index contributed by atoms with van der Waals surface area (Å²) in [4.78, 5) is 25.3. The maximum atomic E-state index is 12.0. The first-order chi connectivity index (χ1) is 9.10. The summed E-state index contributed by atoms with van der Waals surface area (Å²) in [6.45, 7) is 2.98. The van der Waals surface area contributed by atoms with Crippen molar-refractivity contribution in [2.24, 2.45) is 0 Å². The second kappa shape index (κ2) is 6.37. The van der Waals surface area contributed by atoms with Crippen molar-refractivity contribution >= 4 is 11.9 Å². The Morgan fingerprint density at radius 1 is 1.11 bits per heavy atom. The molecule has 2 rings (SSSR count). The van der Waals surface area contributed by atoms with Crippen LogP contribution in [0.2, 0.25) is 0 Å². The van der Waals surface area contributed by atoms with E-state index in [0.29, 0.717) is 6.42 Å². The average molecular weight is 268 g/mol. The van der Waals surface area contributed by atoms with E-state index in [1.165, 1.54) is 12.8 Å². The molecule has 1 saturated carbocycles. The molecule has 2 N–H and O–H groups in total. The van der Waals surface area contributed by atoms with Gasteiger partial charge in [-0.25, -0.2) is 0 Å². The van der Waals surface area contributed by atoms with E-state index in [-0.39, 0.29) is 12.3 Å². The quantitative estimate of drug-likeness (QED) is 0.763. The maximum Gasteiger partial charge on any atom is 0.305 e. The molecule has 0 bridgehead atoms. The number of carboxylic acid groups (broad SMARTS) is 1. The molecule has 1 aliphatic heterocycles. The number of rotatable bonds is 6. The fourth-order valence-electron chi connectivity index (χ4n) is 3.31. The van der Waals surface area contributed by atoms with Gasteiger partial charge in [-0.3, -0.25) is 9.59 Å².